The summed E-state index contributed by atoms with van der Waals surface area (Å²) in [7, 11) is 0. The molecular weight excluding hydrogens is 156 g/mol. The van der Waals surface area contributed by atoms with Gasteiger partial charge in [-0.1, -0.05) is 43.7 Å². The molecule has 0 nitrogen and oxygen atoms in total. The molecule has 0 N–H and O–H groups in total. The Morgan fingerprint density at radius 3 is 2.38 bits per heavy atom. The molecule has 0 amide bonds. The normalized spacial score (nSPS) is 15.4. The third-order valence-electron chi connectivity index (χ3n) is 2.73. The number of hydrogen-bond donors (Lipinski definition) is 0. The molecule has 67 valence electrons. The van der Waals surface area contributed by atoms with Crippen LogP contribution in [0.1, 0.15) is 31.9 Å². The largest absolute Gasteiger partial charge is 0.0619 e. The Kier molecular flexibility index (Phi) is 1.99. The van der Waals surface area contributed by atoms with E-state index in [1.54, 1.807) is 0 Å². The average Bonchev–Trinajstić information content (AvgIpc) is 2.45. The van der Waals surface area contributed by atoms with Gasteiger partial charge in [0.2, 0.25) is 0 Å². The molecule has 0 saturated carbocycles. The SMILES string of the molecule is CC1=C(C(C)C)[CH]c2ccccc21. The van der Waals surface area contributed by atoms with Crippen LogP contribution in [0, 0.1) is 12.3 Å². The van der Waals surface area contributed by atoms with Crippen LogP contribution in [0.2, 0.25) is 0 Å². The molecule has 0 unspecified atom stereocenters. The van der Waals surface area contributed by atoms with Crippen molar-refractivity contribution >= 4 is 5.57 Å². The minimum atomic E-state index is 0.632. The molecule has 13 heavy (non-hydrogen) atoms. The summed E-state index contributed by atoms with van der Waals surface area (Å²) in [5.74, 6) is 0.632. The van der Waals surface area contributed by atoms with E-state index in [0.29, 0.717) is 5.92 Å². The van der Waals surface area contributed by atoms with E-state index in [-0.39, 0.29) is 0 Å². The van der Waals surface area contributed by atoms with Gasteiger partial charge in [0.15, 0.2) is 0 Å². The number of allylic oxidation sites excluding steroid dienone is 2. The van der Waals surface area contributed by atoms with Gasteiger partial charge in [0.25, 0.3) is 0 Å². The molecule has 0 atom stereocenters. The maximum atomic E-state index is 2.31. The van der Waals surface area contributed by atoms with E-state index in [9.17, 15) is 0 Å². The highest BCUT2D eigenvalue weighted by molar-refractivity contribution is 5.79. The van der Waals surface area contributed by atoms with Crippen LogP contribution in [0.15, 0.2) is 29.8 Å². The van der Waals surface area contributed by atoms with E-state index in [2.05, 4.69) is 51.5 Å². The highest BCUT2D eigenvalue weighted by Crippen LogP contribution is 2.37. The lowest BCUT2D eigenvalue weighted by atomic mass is 9.99. The fourth-order valence-corrected chi connectivity index (χ4v) is 2.00. The van der Waals surface area contributed by atoms with Crippen LogP contribution in [0.4, 0.5) is 0 Å². The Bertz CT molecular complexity index is 356. The summed E-state index contributed by atoms with van der Waals surface area (Å²) in [4.78, 5) is 0. The third-order valence-corrected chi connectivity index (χ3v) is 2.73. The first kappa shape index (κ1) is 8.55. The molecule has 0 heteroatoms. The standard InChI is InChI=1S/C13H15/c1-9(2)13-8-11-6-4-5-7-12(11)10(13)3/h4-9H,1-3H3. The van der Waals surface area contributed by atoms with Crippen LogP contribution < -0.4 is 0 Å². The first-order chi connectivity index (χ1) is 6.20. The fourth-order valence-electron chi connectivity index (χ4n) is 2.00. The van der Waals surface area contributed by atoms with Crippen LogP contribution in [0.25, 0.3) is 5.57 Å². The highest BCUT2D eigenvalue weighted by Gasteiger charge is 2.19. The van der Waals surface area contributed by atoms with Crippen LogP contribution >= 0.6 is 0 Å². The fraction of sp³-hybridized carbons (Fsp3) is 0.308. The van der Waals surface area contributed by atoms with Gasteiger partial charge in [0, 0.05) is 6.42 Å². The summed E-state index contributed by atoms with van der Waals surface area (Å²) >= 11 is 0. The average molecular weight is 171 g/mol. The van der Waals surface area contributed by atoms with Gasteiger partial charge in [0.05, 0.1) is 0 Å². The summed E-state index contributed by atoms with van der Waals surface area (Å²) in [5.41, 5.74) is 5.72. The molecule has 1 aliphatic rings. The number of benzene rings is 1. The van der Waals surface area contributed by atoms with Gasteiger partial charge < -0.3 is 0 Å². The zero-order valence-electron chi connectivity index (χ0n) is 8.46. The van der Waals surface area contributed by atoms with Crippen molar-refractivity contribution in [1.29, 1.82) is 0 Å². The molecule has 0 bridgehead atoms. The number of fused-ring (bicyclic) bond motifs is 1. The minimum Gasteiger partial charge on any atom is -0.0619 e. The van der Waals surface area contributed by atoms with Gasteiger partial charge in [-0.3, -0.25) is 0 Å². The van der Waals surface area contributed by atoms with Crippen molar-refractivity contribution in [2.75, 3.05) is 0 Å². The molecular formula is C13H15. The first-order valence-electron chi connectivity index (χ1n) is 4.85. The van der Waals surface area contributed by atoms with Gasteiger partial charge in [-0.2, -0.15) is 0 Å². The van der Waals surface area contributed by atoms with E-state index in [4.69, 9.17) is 0 Å². The topological polar surface area (TPSA) is 0 Å². The van der Waals surface area contributed by atoms with Crippen molar-refractivity contribution in [3.05, 3.63) is 47.4 Å². The summed E-state index contributed by atoms with van der Waals surface area (Å²) in [6, 6.07) is 8.61. The van der Waals surface area contributed by atoms with E-state index >= 15 is 0 Å². The molecule has 0 fully saturated rings. The zero-order chi connectivity index (χ0) is 9.42. The molecule has 0 spiro atoms. The monoisotopic (exact) mass is 171 g/mol. The summed E-state index contributed by atoms with van der Waals surface area (Å²) in [5, 5.41) is 0. The lowest BCUT2D eigenvalue weighted by molar-refractivity contribution is 0.786. The van der Waals surface area contributed by atoms with E-state index in [0.717, 1.165) is 0 Å². The molecule has 1 aliphatic carbocycles. The Morgan fingerprint density at radius 1 is 1.08 bits per heavy atom. The smallest absolute Gasteiger partial charge is 0.0169 e. The summed E-state index contributed by atoms with van der Waals surface area (Å²) in [6.07, 6.45) is 2.31. The molecule has 1 aromatic carbocycles. The Morgan fingerprint density at radius 2 is 1.77 bits per heavy atom. The first-order valence-corrected chi connectivity index (χ1v) is 4.85. The lowest BCUT2D eigenvalue weighted by Gasteiger charge is -2.06. The highest BCUT2D eigenvalue weighted by atomic mass is 14.2. The predicted octanol–water partition coefficient (Wildman–Crippen LogP) is 3.68. The minimum absolute atomic E-state index is 0.632. The van der Waals surface area contributed by atoms with Crippen molar-refractivity contribution in [2.24, 2.45) is 5.92 Å². The Labute approximate surface area is 80.3 Å². The van der Waals surface area contributed by atoms with Crippen molar-refractivity contribution in [1.82, 2.24) is 0 Å². The second-order valence-electron chi connectivity index (χ2n) is 3.97. The van der Waals surface area contributed by atoms with Crippen molar-refractivity contribution < 1.29 is 0 Å². The van der Waals surface area contributed by atoms with Crippen LogP contribution in [0.3, 0.4) is 0 Å². The maximum Gasteiger partial charge on any atom is 0.0169 e. The summed E-state index contributed by atoms with van der Waals surface area (Å²) in [6.45, 7) is 6.72. The maximum absolute atomic E-state index is 2.31. The van der Waals surface area contributed by atoms with E-state index < -0.39 is 0 Å². The van der Waals surface area contributed by atoms with Gasteiger partial charge in [-0.25, -0.2) is 0 Å². The molecule has 0 saturated heterocycles. The molecule has 1 radical (unpaired) electrons. The zero-order valence-corrected chi connectivity index (χ0v) is 8.46. The molecule has 0 aromatic heterocycles. The third kappa shape index (κ3) is 1.31. The number of rotatable bonds is 1. The molecule has 0 aliphatic heterocycles. The van der Waals surface area contributed by atoms with Gasteiger partial charge in [0.1, 0.15) is 0 Å². The molecule has 2 rings (SSSR count). The number of hydrogen-bond acceptors (Lipinski definition) is 0. The molecule has 1 aromatic rings. The van der Waals surface area contributed by atoms with Crippen LogP contribution in [-0.4, -0.2) is 0 Å². The van der Waals surface area contributed by atoms with Crippen LogP contribution in [-0.2, 0) is 0 Å². The van der Waals surface area contributed by atoms with Crippen LogP contribution in [0.5, 0.6) is 0 Å². The quantitative estimate of drug-likeness (QED) is 0.604. The Balaban J connectivity index is 2.47. The second kappa shape index (κ2) is 3.02. The Hall–Kier alpha value is -1.04. The van der Waals surface area contributed by atoms with E-state index in [1.807, 2.05) is 0 Å². The second-order valence-corrected chi connectivity index (χ2v) is 3.97. The van der Waals surface area contributed by atoms with Crippen molar-refractivity contribution in [3.8, 4) is 0 Å². The molecule has 0 heterocycles. The lowest BCUT2D eigenvalue weighted by Crippen LogP contribution is -1.92. The van der Waals surface area contributed by atoms with Gasteiger partial charge >= 0.3 is 0 Å². The van der Waals surface area contributed by atoms with E-state index in [1.165, 1.54) is 22.3 Å². The summed E-state index contributed by atoms with van der Waals surface area (Å²) < 4.78 is 0. The van der Waals surface area contributed by atoms with Gasteiger partial charge in [-0.15, -0.1) is 0 Å². The predicted molar refractivity (Wildman–Crippen MR) is 57.3 cm³/mol. The van der Waals surface area contributed by atoms with Crippen molar-refractivity contribution in [3.63, 3.8) is 0 Å². The van der Waals surface area contributed by atoms with Crippen molar-refractivity contribution in [2.45, 2.75) is 20.8 Å². The van der Waals surface area contributed by atoms with Gasteiger partial charge in [-0.05, 0) is 29.5 Å².